The van der Waals surface area contributed by atoms with E-state index in [-0.39, 0.29) is 6.61 Å². The van der Waals surface area contributed by atoms with Crippen LogP contribution in [0.3, 0.4) is 0 Å². The van der Waals surface area contributed by atoms with E-state index in [0.717, 1.165) is 0 Å². The van der Waals surface area contributed by atoms with Crippen LogP contribution in [0.5, 0.6) is 0 Å². The van der Waals surface area contributed by atoms with Crippen molar-refractivity contribution < 1.29 is 37.8 Å². The lowest BCUT2D eigenvalue weighted by Gasteiger charge is -2.31. The van der Waals surface area contributed by atoms with Crippen LogP contribution in [0.25, 0.3) is 0 Å². The van der Waals surface area contributed by atoms with E-state index < -0.39 is 39.6 Å². The molecule has 108 valence electrons. The van der Waals surface area contributed by atoms with Gasteiger partial charge in [-0.1, -0.05) is 0 Å². The second-order valence-electron chi connectivity index (χ2n) is 4.24. The third kappa shape index (κ3) is 4.33. The maximum Gasteiger partial charge on any atom is 0.694 e. The molecule has 19 heavy (non-hydrogen) atoms. The van der Waals surface area contributed by atoms with Gasteiger partial charge in [-0.05, 0) is 13.2 Å². The zero-order valence-electron chi connectivity index (χ0n) is 10.5. The highest BCUT2D eigenvalue weighted by atomic mass is 31.2. The van der Waals surface area contributed by atoms with E-state index >= 15 is 0 Å². The summed E-state index contributed by atoms with van der Waals surface area (Å²) in [4.78, 5) is 18.3. The Bertz CT molecular complexity index is 393. The van der Waals surface area contributed by atoms with Gasteiger partial charge in [0.25, 0.3) is 0 Å². The molecule has 0 amide bonds. The molecule has 0 aromatic heterocycles. The average Bonchev–Trinajstić information content (AvgIpc) is 2.51. The lowest BCUT2D eigenvalue weighted by Crippen LogP contribution is -2.45. The second kappa shape index (κ2) is 6.31. The molecule has 0 aromatic carbocycles. The van der Waals surface area contributed by atoms with Crippen LogP contribution in [0.15, 0.2) is 0 Å². The van der Waals surface area contributed by atoms with Crippen LogP contribution >= 0.6 is 15.8 Å². The first-order valence-electron chi connectivity index (χ1n) is 5.22. The average molecular weight is 313 g/mol. The predicted molar refractivity (Wildman–Crippen MR) is 69.0 cm³/mol. The number of rotatable bonds is 6. The Balaban J connectivity index is 2.88. The zero-order valence-corrected chi connectivity index (χ0v) is 12.3. The highest BCUT2D eigenvalue weighted by molar-refractivity contribution is 7.58. The number of hydrogen-bond donors (Lipinski definition) is 3. The molecule has 0 bridgehead atoms. The van der Waals surface area contributed by atoms with Crippen LogP contribution < -0.4 is 0 Å². The van der Waals surface area contributed by atoms with Gasteiger partial charge >= 0.3 is 8.25 Å². The molecule has 0 saturated carbocycles. The van der Waals surface area contributed by atoms with Crippen molar-refractivity contribution in [3.05, 3.63) is 0 Å². The van der Waals surface area contributed by atoms with Crippen molar-refractivity contribution in [1.29, 1.82) is 0 Å². The molecule has 0 spiro atoms. The number of hydrogen-bond acceptors (Lipinski definition) is 7. The SMILES string of the molecule is [B][C@@H]1O[C@](C)(CO[P+](=O)O)C(OP(=C)(O)OC)[C@@H]1O. The molecule has 1 fully saturated rings. The largest absolute Gasteiger partial charge is 0.694 e. The fourth-order valence-corrected chi connectivity index (χ4v) is 2.83. The first kappa shape index (κ1) is 17.2. The van der Waals surface area contributed by atoms with E-state index in [0.29, 0.717) is 0 Å². The van der Waals surface area contributed by atoms with Gasteiger partial charge in [0.05, 0.1) is 0 Å². The topological polar surface area (TPSA) is 115 Å². The number of aliphatic hydroxyl groups is 1. The monoisotopic (exact) mass is 313 g/mol. The van der Waals surface area contributed by atoms with Crippen molar-refractivity contribution in [2.45, 2.75) is 30.7 Å². The molecule has 1 saturated heterocycles. The van der Waals surface area contributed by atoms with Crippen molar-refractivity contribution >= 4 is 30.0 Å². The van der Waals surface area contributed by atoms with Crippen molar-refractivity contribution in [3.63, 3.8) is 0 Å². The molecule has 3 unspecified atom stereocenters. The molecule has 11 heteroatoms. The Labute approximate surface area is 113 Å². The van der Waals surface area contributed by atoms with Gasteiger partial charge in [-0.2, -0.15) is 0 Å². The quantitative estimate of drug-likeness (QED) is 0.445. The van der Waals surface area contributed by atoms with E-state index in [1.165, 1.54) is 14.0 Å². The zero-order chi connectivity index (χ0) is 14.8. The van der Waals surface area contributed by atoms with Crippen molar-refractivity contribution in [2.24, 2.45) is 0 Å². The maximum atomic E-state index is 10.6. The minimum Gasteiger partial charge on any atom is -0.388 e. The van der Waals surface area contributed by atoms with Crippen LogP contribution in [0.1, 0.15) is 6.92 Å². The van der Waals surface area contributed by atoms with E-state index in [9.17, 15) is 14.6 Å². The lowest BCUT2D eigenvalue weighted by atomic mass is 9.90. The minimum atomic E-state index is -3.40. The summed E-state index contributed by atoms with van der Waals surface area (Å²) in [6, 6.07) is -1.09. The van der Waals surface area contributed by atoms with Gasteiger partial charge in [0.2, 0.25) is 7.57 Å². The van der Waals surface area contributed by atoms with Gasteiger partial charge in [-0.25, -0.2) is 0 Å². The Morgan fingerprint density at radius 2 is 2.21 bits per heavy atom. The number of aliphatic hydroxyl groups excluding tert-OH is 1. The molecule has 1 aliphatic heterocycles. The first-order chi connectivity index (χ1) is 8.61. The van der Waals surface area contributed by atoms with Gasteiger partial charge in [-0.3, -0.25) is 0 Å². The molecule has 1 aliphatic rings. The minimum absolute atomic E-state index is 0.363. The normalized spacial score (nSPS) is 39.0. The summed E-state index contributed by atoms with van der Waals surface area (Å²) in [7, 11) is 0.492. The molecular formula is C8H16BO8P2+. The summed E-state index contributed by atoms with van der Waals surface area (Å²) in [6.45, 7) is 1.10. The summed E-state index contributed by atoms with van der Waals surface area (Å²) < 4.78 is 30.3. The van der Waals surface area contributed by atoms with Gasteiger partial charge in [0, 0.05) is 17.7 Å². The van der Waals surface area contributed by atoms with Crippen LogP contribution in [0.2, 0.25) is 0 Å². The first-order valence-corrected chi connectivity index (χ1v) is 8.11. The van der Waals surface area contributed by atoms with Crippen LogP contribution in [-0.2, 0) is 22.9 Å². The van der Waals surface area contributed by atoms with Gasteiger partial charge in [0.1, 0.15) is 32.3 Å². The summed E-state index contributed by atoms with van der Waals surface area (Å²) in [5.41, 5.74) is -1.32. The molecular weight excluding hydrogens is 297 g/mol. The second-order valence-corrected chi connectivity index (χ2v) is 6.83. The van der Waals surface area contributed by atoms with Gasteiger partial charge in [0.15, 0.2) is 0 Å². The van der Waals surface area contributed by atoms with E-state index in [2.05, 4.69) is 15.3 Å². The van der Waals surface area contributed by atoms with Crippen molar-refractivity contribution in [3.8, 4) is 0 Å². The highest BCUT2D eigenvalue weighted by Crippen LogP contribution is 2.48. The third-order valence-electron chi connectivity index (χ3n) is 2.68. The molecule has 3 N–H and O–H groups in total. The Morgan fingerprint density at radius 3 is 2.68 bits per heavy atom. The van der Waals surface area contributed by atoms with E-state index in [1.807, 2.05) is 0 Å². The van der Waals surface area contributed by atoms with Crippen molar-refractivity contribution in [2.75, 3.05) is 13.7 Å². The smallest absolute Gasteiger partial charge is 0.388 e. The molecule has 0 aliphatic carbocycles. The number of ether oxygens (including phenoxy) is 1. The Morgan fingerprint density at radius 1 is 1.63 bits per heavy atom. The molecule has 0 aromatic rings. The molecule has 1 heterocycles. The molecule has 6 atom stereocenters. The van der Waals surface area contributed by atoms with Gasteiger partial charge in [-0.15, -0.1) is 9.42 Å². The molecule has 2 radical (unpaired) electrons. The Kier molecular flexibility index (Phi) is 5.72. The van der Waals surface area contributed by atoms with E-state index in [4.69, 9.17) is 22.0 Å². The summed E-state index contributed by atoms with van der Waals surface area (Å²) in [5.74, 6) is 0. The lowest BCUT2D eigenvalue weighted by molar-refractivity contribution is -0.0758. The fourth-order valence-electron chi connectivity index (χ4n) is 1.68. The predicted octanol–water partition coefficient (Wildman–Crippen LogP) is -0.484. The summed E-state index contributed by atoms with van der Waals surface area (Å²) in [6.07, 6.45) is 0.952. The molecule has 1 rings (SSSR count). The van der Waals surface area contributed by atoms with Crippen molar-refractivity contribution in [1.82, 2.24) is 0 Å². The molecule has 8 nitrogen and oxygen atoms in total. The Hall–Kier alpha value is 0.185. The maximum absolute atomic E-state index is 10.6. The third-order valence-corrected chi connectivity index (χ3v) is 4.16. The van der Waals surface area contributed by atoms with Crippen LogP contribution in [-0.4, -0.2) is 66.6 Å². The summed E-state index contributed by atoms with van der Waals surface area (Å²) >= 11 is 0. The highest BCUT2D eigenvalue weighted by Gasteiger charge is 2.53. The standard InChI is InChI=1S/C8H15BO8P2/c1-8(4-15-18(11)12)6(5(10)7(9)16-8)17-19(3,13)14-2/h5-7,10H,3-4H2,1-2H3,(H-,11,12,13)/p+1/t5-,6?,7+,8+,19?/m0/s1. The van der Waals surface area contributed by atoms with Crippen LogP contribution in [0, 0.1) is 0 Å². The van der Waals surface area contributed by atoms with Crippen LogP contribution in [0.4, 0.5) is 0 Å². The van der Waals surface area contributed by atoms with E-state index in [1.54, 1.807) is 0 Å². The summed E-state index contributed by atoms with van der Waals surface area (Å²) in [5, 5.41) is 9.87. The van der Waals surface area contributed by atoms with Gasteiger partial charge < -0.3 is 23.8 Å². The fraction of sp³-hybridized carbons (Fsp3) is 0.875.